The van der Waals surface area contributed by atoms with Gasteiger partial charge in [-0.1, -0.05) is 35.1 Å². The largest absolute Gasteiger partial charge is 0.332 e. The molecular formula is C16H14ClN3S2. The molecule has 3 nitrogen and oxygen atoms in total. The molecule has 2 N–H and O–H groups in total. The van der Waals surface area contributed by atoms with Gasteiger partial charge in [-0.15, -0.1) is 0 Å². The first kappa shape index (κ1) is 15.2. The van der Waals surface area contributed by atoms with Gasteiger partial charge in [0.1, 0.15) is 5.52 Å². The van der Waals surface area contributed by atoms with Gasteiger partial charge in [-0.05, 0) is 61.5 Å². The molecule has 6 heteroatoms. The molecule has 112 valence electrons. The highest BCUT2D eigenvalue weighted by atomic mass is 35.5. The zero-order valence-electron chi connectivity index (χ0n) is 12.1. The van der Waals surface area contributed by atoms with Crippen LogP contribution in [-0.2, 0) is 0 Å². The summed E-state index contributed by atoms with van der Waals surface area (Å²) in [6.45, 7) is 4.12. The van der Waals surface area contributed by atoms with Crippen LogP contribution < -0.4 is 10.6 Å². The van der Waals surface area contributed by atoms with Crippen molar-refractivity contribution in [3.8, 4) is 0 Å². The Bertz CT molecular complexity index is 837. The quantitative estimate of drug-likeness (QED) is 0.610. The lowest BCUT2D eigenvalue weighted by atomic mass is 10.1. The van der Waals surface area contributed by atoms with Crippen molar-refractivity contribution >= 4 is 61.3 Å². The third kappa shape index (κ3) is 3.38. The molecule has 3 rings (SSSR count). The number of hydrogen-bond acceptors (Lipinski definition) is 3. The number of anilines is 2. The molecular weight excluding hydrogens is 334 g/mol. The maximum Gasteiger partial charge on any atom is 0.190 e. The zero-order chi connectivity index (χ0) is 15.7. The molecule has 1 heterocycles. The van der Waals surface area contributed by atoms with E-state index in [1.54, 1.807) is 0 Å². The second kappa shape index (κ2) is 6.20. The number of nitrogens with zero attached hydrogens (tertiary/aromatic N) is 1. The maximum absolute atomic E-state index is 6.14. The molecule has 2 aromatic carbocycles. The summed E-state index contributed by atoms with van der Waals surface area (Å²) in [6, 6.07) is 12.0. The first-order valence-electron chi connectivity index (χ1n) is 6.72. The van der Waals surface area contributed by atoms with Crippen molar-refractivity contribution < 1.29 is 0 Å². The molecule has 3 aromatic rings. The predicted octanol–water partition coefficient (Wildman–Crippen LogP) is 5.38. The van der Waals surface area contributed by atoms with Crippen LogP contribution in [0.2, 0.25) is 5.02 Å². The number of aryl methyl sites for hydroxylation is 2. The monoisotopic (exact) mass is 347 g/mol. The topological polar surface area (TPSA) is 37.0 Å². The van der Waals surface area contributed by atoms with Crippen LogP contribution >= 0.6 is 35.2 Å². The molecule has 0 bridgehead atoms. The van der Waals surface area contributed by atoms with E-state index < -0.39 is 0 Å². The smallest absolute Gasteiger partial charge is 0.190 e. The number of fused-ring (bicyclic) bond motifs is 1. The first-order chi connectivity index (χ1) is 10.5. The van der Waals surface area contributed by atoms with E-state index in [4.69, 9.17) is 23.8 Å². The number of nitrogens with one attached hydrogen (secondary N) is 2. The van der Waals surface area contributed by atoms with Crippen LogP contribution in [0.5, 0.6) is 0 Å². The fourth-order valence-electron chi connectivity index (χ4n) is 2.27. The molecule has 0 aliphatic carbocycles. The summed E-state index contributed by atoms with van der Waals surface area (Å²) >= 11 is 13.0. The Labute approximate surface area is 143 Å². The van der Waals surface area contributed by atoms with Crippen LogP contribution in [0.15, 0.2) is 36.4 Å². The van der Waals surface area contributed by atoms with Crippen LogP contribution in [-0.4, -0.2) is 10.1 Å². The molecule has 0 aliphatic rings. The third-order valence-corrected chi connectivity index (χ3v) is 4.51. The number of halogens is 1. The molecule has 0 atom stereocenters. The summed E-state index contributed by atoms with van der Waals surface area (Å²) < 4.78 is 1.03. The molecule has 0 saturated heterocycles. The standard InChI is InChI=1S/C16H14ClN3S2/c1-9-6-10(2)8-11(7-9)18-15(21)20-16-19-14-12(17)4-3-5-13(14)22-16/h3-8H,1-2H3,(H2,18,19,20,21). The first-order valence-corrected chi connectivity index (χ1v) is 8.33. The number of hydrogen-bond donors (Lipinski definition) is 2. The summed E-state index contributed by atoms with van der Waals surface area (Å²) in [5, 5.41) is 8.19. The van der Waals surface area contributed by atoms with Gasteiger partial charge < -0.3 is 10.6 Å². The van der Waals surface area contributed by atoms with Gasteiger partial charge in [-0.3, -0.25) is 0 Å². The SMILES string of the molecule is Cc1cc(C)cc(NC(=S)Nc2nc3c(Cl)cccc3s2)c1. The molecule has 0 saturated carbocycles. The summed E-state index contributed by atoms with van der Waals surface area (Å²) in [4.78, 5) is 4.48. The van der Waals surface area contributed by atoms with E-state index in [1.165, 1.54) is 22.5 Å². The van der Waals surface area contributed by atoms with Crippen LogP contribution in [0.25, 0.3) is 10.2 Å². The molecule has 0 fully saturated rings. The summed E-state index contributed by atoms with van der Waals surface area (Å²) in [5.74, 6) is 0. The lowest BCUT2D eigenvalue weighted by molar-refractivity contribution is 1.38. The van der Waals surface area contributed by atoms with Crippen molar-refractivity contribution in [3.63, 3.8) is 0 Å². The van der Waals surface area contributed by atoms with Crippen molar-refractivity contribution in [2.75, 3.05) is 10.6 Å². The van der Waals surface area contributed by atoms with Gasteiger partial charge in [0.2, 0.25) is 0 Å². The Kier molecular flexibility index (Phi) is 4.29. The van der Waals surface area contributed by atoms with Gasteiger partial charge in [0, 0.05) is 5.69 Å². The minimum absolute atomic E-state index is 0.514. The van der Waals surface area contributed by atoms with E-state index >= 15 is 0 Å². The lowest BCUT2D eigenvalue weighted by Crippen LogP contribution is -2.19. The normalized spacial score (nSPS) is 10.7. The van der Waals surface area contributed by atoms with E-state index in [2.05, 4.69) is 47.7 Å². The second-order valence-corrected chi connectivity index (χ2v) is 6.91. The summed E-state index contributed by atoms with van der Waals surface area (Å²) in [5.41, 5.74) is 4.15. The summed E-state index contributed by atoms with van der Waals surface area (Å²) in [7, 11) is 0. The van der Waals surface area contributed by atoms with E-state index in [0.29, 0.717) is 10.1 Å². The Hall–Kier alpha value is -1.69. The van der Waals surface area contributed by atoms with Crippen molar-refractivity contribution in [2.45, 2.75) is 13.8 Å². The van der Waals surface area contributed by atoms with Crippen LogP contribution in [0, 0.1) is 13.8 Å². The van der Waals surface area contributed by atoms with Gasteiger partial charge >= 0.3 is 0 Å². The predicted molar refractivity (Wildman–Crippen MR) is 100 cm³/mol. The minimum atomic E-state index is 0.514. The molecule has 0 spiro atoms. The third-order valence-electron chi connectivity index (χ3n) is 3.07. The van der Waals surface area contributed by atoms with E-state index in [1.807, 2.05) is 18.2 Å². The van der Waals surface area contributed by atoms with Crippen molar-refractivity contribution in [1.82, 2.24) is 4.98 Å². The Balaban J connectivity index is 1.76. The van der Waals surface area contributed by atoms with Crippen molar-refractivity contribution in [2.24, 2.45) is 0 Å². The molecule has 0 radical (unpaired) electrons. The Morgan fingerprint density at radius 1 is 1.14 bits per heavy atom. The molecule has 1 aromatic heterocycles. The highest BCUT2D eigenvalue weighted by Gasteiger charge is 2.08. The number of para-hydroxylation sites is 1. The highest BCUT2D eigenvalue weighted by molar-refractivity contribution is 7.80. The average molecular weight is 348 g/mol. The molecule has 22 heavy (non-hydrogen) atoms. The number of thiocarbonyl (C=S) groups is 1. The maximum atomic E-state index is 6.14. The Morgan fingerprint density at radius 2 is 1.86 bits per heavy atom. The minimum Gasteiger partial charge on any atom is -0.332 e. The van der Waals surface area contributed by atoms with Gasteiger partial charge in [0.15, 0.2) is 10.2 Å². The van der Waals surface area contributed by atoms with E-state index in [-0.39, 0.29) is 0 Å². The Morgan fingerprint density at radius 3 is 2.55 bits per heavy atom. The average Bonchev–Trinajstić information content (AvgIpc) is 2.81. The van der Waals surface area contributed by atoms with Gasteiger partial charge in [-0.25, -0.2) is 4.98 Å². The number of rotatable bonds is 2. The fourth-order valence-corrected chi connectivity index (χ4v) is 3.72. The molecule has 0 amide bonds. The molecule has 0 aliphatic heterocycles. The van der Waals surface area contributed by atoms with E-state index in [0.717, 1.165) is 21.0 Å². The number of benzene rings is 2. The van der Waals surface area contributed by atoms with Crippen LogP contribution in [0.4, 0.5) is 10.8 Å². The number of thiazole rings is 1. The lowest BCUT2D eigenvalue weighted by Gasteiger charge is -2.10. The number of aromatic nitrogens is 1. The van der Waals surface area contributed by atoms with Gasteiger partial charge in [0.25, 0.3) is 0 Å². The molecule has 0 unspecified atom stereocenters. The van der Waals surface area contributed by atoms with Gasteiger partial charge in [0.05, 0.1) is 9.72 Å². The van der Waals surface area contributed by atoms with Crippen molar-refractivity contribution in [1.29, 1.82) is 0 Å². The van der Waals surface area contributed by atoms with E-state index in [9.17, 15) is 0 Å². The highest BCUT2D eigenvalue weighted by Crippen LogP contribution is 2.30. The van der Waals surface area contributed by atoms with Gasteiger partial charge in [-0.2, -0.15) is 0 Å². The van der Waals surface area contributed by atoms with Crippen LogP contribution in [0.1, 0.15) is 11.1 Å². The van der Waals surface area contributed by atoms with Crippen molar-refractivity contribution in [3.05, 3.63) is 52.5 Å². The second-order valence-electron chi connectivity index (χ2n) is 5.06. The summed E-state index contributed by atoms with van der Waals surface area (Å²) in [6.07, 6.45) is 0. The van der Waals surface area contributed by atoms with Crippen LogP contribution in [0.3, 0.4) is 0 Å². The fraction of sp³-hybridized carbons (Fsp3) is 0.125. The zero-order valence-corrected chi connectivity index (χ0v) is 14.5.